The molecule has 0 bridgehead atoms. The average Bonchev–Trinajstić information content (AvgIpc) is 2.15. The van der Waals surface area contributed by atoms with E-state index < -0.39 is 0 Å². The molecule has 0 aliphatic rings. The van der Waals surface area contributed by atoms with E-state index in [-0.39, 0.29) is 0 Å². The normalized spacial score (nSPS) is 15.9. The van der Waals surface area contributed by atoms with Crippen LogP contribution in [-0.2, 0) is 9.47 Å². The zero-order valence-electron chi connectivity index (χ0n) is 10.4. The van der Waals surface area contributed by atoms with Crippen LogP contribution in [0.5, 0.6) is 0 Å². The van der Waals surface area contributed by atoms with E-state index in [1.165, 1.54) is 12.8 Å². The van der Waals surface area contributed by atoms with Crippen LogP contribution < -0.4 is 0 Å². The topological polar surface area (TPSA) is 18.5 Å². The third kappa shape index (κ3) is 6.39. The lowest BCUT2D eigenvalue weighted by Crippen LogP contribution is -2.19. The van der Waals surface area contributed by atoms with Crippen LogP contribution in [0.2, 0.25) is 0 Å². The number of methoxy groups -OCH3 is 2. The lowest BCUT2D eigenvalue weighted by atomic mass is 9.95. The van der Waals surface area contributed by atoms with Crippen molar-refractivity contribution in [3.63, 3.8) is 0 Å². The molecule has 0 amide bonds. The smallest absolute Gasteiger partial charge is 0.0594 e. The monoisotopic (exact) mass is 202 g/mol. The maximum atomic E-state index is 5.44. The SMILES string of the molecule is COCCC(C)CCC(OC)C(C)C. The molecule has 0 saturated carbocycles. The zero-order valence-corrected chi connectivity index (χ0v) is 10.4. The minimum atomic E-state index is 0.417. The van der Waals surface area contributed by atoms with Crippen LogP contribution in [-0.4, -0.2) is 26.9 Å². The summed E-state index contributed by atoms with van der Waals surface area (Å²) in [6.07, 6.45) is 3.98. The van der Waals surface area contributed by atoms with Gasteiger partial charge in [-0.1, -0.05) is 20.8 Å². The fourth-order valence-electron chi connectivity index (χ4n) is 1.64. The molecular weight excluding hydrogens is 176 g/mol. The molecule has 0 aliphatic heterocycles. The van der Waals surface area contributed by atoms with Gasteiger partial charge in [-0.15, -0.1) is 0 Å². The molecule has 0 aliphatic carbocycles. The van der Waals surface area contributed by atoms with Crippen LogP contribution in [0.4, 0.5) is 0 Å². The third-order valence-corrected chi connectivity index (χ3v) is 2.81. The predicted octanol–water partition coefficient (Wildman–Crippen LogP) is 3.11. The number of ether oxygens (including phenoxy) is 2. The number of rotatable bonds is 8. The molecule has 0 heterocycles. The molecule has 0 fully saturated rings. The van der Waals surface area contributed by atoms with Gasteiger partial charge in [0.25, 0.3) is 0 Å². The second-order valence-electron chi connectivity index (χ2n) is 4.48. The van der Waals surface area contributed by atoms with Crippen molar-refractivity contribution in [2.45, 2.75) is 46.1 Å². The molecule has 0 radical (unpaired) electrons. The minimum Gasteiger partial charge on any atom is -0.385 e. The Balaban J connectivity index is 3.57. The van der Waals surface area contributed by atoms with Gasteiger partial charge in [-0.25, -0.2) is 0 Å². The van der Waals surface area contributed by atoms with Gasteiger partial charge in [-0.2, -0.15) is 0 Å². The Morgan fingerprint density at radius 2 is 1.57 bits per heavy atom. The highest BCUT2D eigenvalue weighted by Gasteiger charge is 2.13. The van der Waals surface area contributed by atoms with Gasteiger partial charge in [0.05, 0.1) is 6.10 Å². The van der Waals surface area contributed by atoms with Gasteiger partial charge < -0.3 is 9.47 Å². The molecule has 0 N–H and O–H groups in total. The van der Waals surface area contributed by atoms with Gasteiger partial charge in [0.15, 0.2) is 0 Å². The standard InChI is InChI=1S/C12H26O2/c1-10(2)12(14-5)7-6-11(3)8-9-13-4/h10-12H,6-9H2,1-5H3. The van der Waals surface area contributed by atoms with E-state index >= 15 is 0 Å². The summed E-state index contributed by atoms with van der Waals surface area (Å²) >= 11 is 0. The molecule has 0 saturated heterocycles. The van der Waals surface area contributed by atoms with Crippen LogP contribution in [0.25, 0.3) is 0 Å². The summed E-state index contributed by atoms with van der Waals surface area (Å²) < 4.78 is 10.5. The van der Waals surface area contributed by atoms with Crippen LogP contribution in [0.15, 0.2) is 0 Å². The number of hydrogen-bond acceptors (Lipinski definition) is 2. The summed E-state index contributed by atoms with van der Waals surface area (Å²) in [5.74, 6) is 1.36. The fraction of sp³-hybridized carbons (Fsp3) is 1.00. The summed E-state index contributed by atoms with van der Waals surface area (Å²) in [6, 6.07) is 0. The molecule has 0 aromatic carbocycles. The molecule has 2 unspecified atom stereocenters. The Bertz CT molecular complexity index is 123. The highest BCUT2D eigenvalue weighted by Crippen LogP contribution is 2.17. The van der Waals surface area contributed by atoms with E-state index in [2.05, 4.69) is 20.8 Å². The van der Waals surface area contributed by atoms with Crippen LogP contribution >= 0.6 is 0 Å². The first-order valence-electron chi connectivity index (χ1n) is 5.63. The molecule has 2 nitrogen and oxygen atoms in total. The Labute approximate surface area is 89.0 Å². The van der Waals surface area contributed by atoms with Crippen LogP contribution in [0, 0.1) is 11.8 Å². The summed E-state index contributed by atoms with van der Waals surface area (Å²) in [5.41, 5.74) is 0. The summed E-state index contributed by atoms with van der Waals surface area (Å²) in [7, 11) is 3.57. The Hall–Kier alpha value is -0.0800. The molecule has 86 valence electrons. The molecule has 0 aromatic heterocycles. The van der Waals surface area contributed by atoms with Crippen molar-refractivity contribution in [2.75, 3.05) is 20.8 Å². The van der Waals surface area contributed by atoms with Gasteiger partial charge in [0.1, 0.15) is 0 Å². The second kappa shape index (κ2) is 8.25. The van der Waals surface area contributed by atoms with Gasteiger partial charge in [0.2, 0.25) is 0 Å². The van der Waals surface area contributed by atoms with Crippen LogP contribution in [0.3, 0.4) is 0 Å². The Morgan fingerprint density at radius 1 is 0.929 bits per heavy atom. The van der Waals surface area contributed by atoms with Crippen LogP contribution in [0.1, 0.15) is 40.0 Å². The maximum Gasteiger partial charge on any atom is 0.0594 e. The maximum absolute atomic E-state index is 5.44. The van der Waals surface area contributed by atoms with E-state index in [1.807, 2.05) is 7.11 Å². The Kier molecular flexibility index (Phi) is 8.20. The number of hydrogen-bond donors (Lipinski definition) is 0. The quantitative estimate of drug-likeness (QED) is 0.602. The molecule has 0 spiro atoms. The molecular formula is C12H26O2. The molecule has 2 heteroatoms. The minimum absolute atomic E-state index is 0.417. The highest BCUT2D eigenvalue weighted by atomic mass is 16.5. The van der Waals surface area contributed by atoms with Gasteiger partial charge in [-0.05, 0) is 31.1 Å². The molecule has 14 heavy (non-hydrogen) atoms. The lowest BCUT2D eigenvalue weighted by molar-refractivity contribution is 0.0519. The summed E-state index contributed by atoms with van der Waals surface area (Å²) in [5, 5.41) is 0. The zero-order chi connectivity index (χ0) is 11.0. The van der Waals surface area contributed by atoms with E-state index in [1.54, 1.807) is 7.11 Å². The van der Waals surface area contributed by atoms with E-state index in [9.17, 15) is 0 Å². The molecule has 0 rings (SSSR count). The first-order chi connectivity index (χ1) is 6.61. The Morgan fingerprint density at radius 3 is 2.00 bits per heavy atom. The summed E-state index contributed by atoms with van der Waals surface area (Å²) in [4.78, 5) is 0. The van der Waals surface area contributed by atoms with Crippen molar-refractivity contribution in [1.82, 2.24) is 0 Å². The van der Waals surface area contributed by atoms with E-state index in [4.69, 9.17) is 9.47 Å². The predicted molar refractivity (Wildman–Crippen MR) is 60.5 cm³/mol. The molecule has 0 aromatic rings. The van der Waals surface area contributed by atoms with Gasteiger partial charge >= 0.3 is 0 Å². The molecule has 2 atom stereocenters. The van der Waals surface area contributed by atoms with Gasteiger partial charge in [-0.3, -0.25) is 0 Å². The van der Waals surface area contributed by atoms with Crippen molar-refractivity contribution in [3.05, 3.63) is 0 Å². The van der Waals surface area contributed by atoms with E-state index in [0.717, 1.165) is 18.9 Å². The van der Waals surface area contributed by atoms with Crippen molar-refractivity contribution in [2.24, 2.45) is 11.8 Å². The fourth-order valence-corrected chi connectivity index (χ4v) is 1.64. The third-order valence-electron chi connectivity index (χ3n) is 2.81. The van der Waals surface area contributed by atoms with Gasteiger partial charge in [0, 0.05) is 20.8 Å². The average molecular weight is 202 g/mol. The largest absolute Gasteiger partial charge is 0.385 e. The first kappa shape index (κ1) is 13.9. The second-order valence-corrected chi connectivity index (χ2v) is 4.48. The first-order valence-corrected chi connectivity index (χ1v) is 5.63. The highest BCUT2D eigenvalue weighted by molar-refractivity contribution is 4.64. The van der Waals surface area contributed by atoms with Crippen molar-refractivity contribution in [3.8, 4) is 0 Å². The van der Waals surface area contributed by atoms with Crippen molar-refractivity contribution in [1.29, 1.82) is 0 Å². The van der Waals surface area contributed by atoms with E-state index in [0.29, 0.717) is 12.0 Å². The van der Waals surface area contributed by atoms with Crippen molar-refractivity contribution >= 4 is 0 Å². The summed E-state index contributed by atoms with van der Waals surface area (Å²) in [6.45, 7) is 7.59. The van der Waals surface area contributed by atoms with Crippen molar-refractivity contribution < 1.29 is 9.47 Å². The lowest BCUT2D eigenvalue weighted by Gasteiger charge is -2.21.